The van der Waals surface area contributed by atoms with Crippen molar-refractivity contribution in [1.29, 1.82) is 0 Å². The number of carbonyl (C=O) groups is 4. The number of hydrogen-bond donors (Lipinski definition) is 0. The summed E-state index contributed by atoms with van der Waals surface area (Å²) in [6.07, 6.45) is 10.3. The predicted octanol–water partition coefficient (Wildman–Crippen LogP) is 7.37. The van der Waals surface area contributed by atoms with E-state index in [9.17, 15) is 19.2 Å². The summed E-state index contributed by atoms with van der Waals surface area (Å²) < 4.78 is 23.4. The lowest BCUT2D eigenvalue weighted by molar-refractivity contribution is -0.229. The van der Waals surface area contributed by atoms with Gasteiger partial charge < -0.3 is 18.9 Å². The smallest absolute Gasteiger partial charge is 0.302 e. The summed E-state index contributed by atoms with van der Waals surface area (Å²) in [5.74, 6) is -0.279. The molecule has 0 aromatic rings. The summed E-state index contributed by atoms with van der Waals surface area (Å²) in [6, 6.07) is 0. The van der Waals surface area contributed by atoms with Crippen molar-refractivity contribution >= 4 is 23.9 Å². The fourth-order valence-corrected chi connectivity index (χ4v) is 11.9. The molecule has 5 aliphatic carbocycles. The van der Waals surface area contributed by atoms with Gasteiger partial charge in [-0.25, -0.2) is 0 Å². The SMILES string of the molecule is CC(=O)OC[C@]1(C)C[C@@H](OC(C)=O)[C@]2(C)CC[C@]3(C)C(=CC[C@@H]4[C@@]5(C)CC[C@H](OC(C)=O)[C@](C)(COC(C)=O)[C@@H]5CC[C@]43C)[C@@H]2C1. The van der Waals surface area contributed by atoms with Gasteiger partial charge in [0.05, 0.1) is 6.61 Å². The maximum Gasteiger partial charge on any atom is 0.302 e. The fraction of sp³-hybridized carbons (Fsp3) is 0.842. The van der Waals surface area contributed by atoms with E-state index in [0.717, 1.165) is 51.4 Å². The van der Waals surface area contributed by atoms with Crippen LogP contribution in [0.25, 0.3) is 0 Å². The van der Waals surface area contributed by atoms with Crippen LogP contribution in [0.3, 0.4) is 0 Å². The number of allylic oxidation sites excluding steroid dienone is 2. The van der Waals surface area contributed by atoms with Gasteiger partial charge in [-0.3, -0.25) is 19.2 Å². The Morgan fingerprint density at radius 2 is 1.28 bits per heavy atom. The van der Waals surface area contributed by atoms with Crippen LogP contribution in [0.15, 0.2) is 11.6 Å². The van der Waals surface area contributed by atoms with Gasteiger partial charge in [-0.05, 0) is 91.8 Å². The normalized spacial score (nSPS) is 46.2. The van der Waals surface area contributed by atoms with Crippen LogP contribution < -0.4 is 0 Å². The van der Waals surface area contributed by atoms with Gasteiger partial charge in [0.25, 0.3) is 0 Å². The van der Waals surface area contributed by atoms with Crippen molar-refractivity contribution in [3.63, 3.8) is 0 Å². The zero-order valence-electron chi connectivity index (χ0n) is 30.0. The Hall–Kier alpha value is -2.38. The van der Waals surface area contributed by atoms with Gasteiger partial charge in [0.1, 0.15) is 18.8 Å². The molecule has 46 heavy (non-hydrogen) atoms. The molecule has 5 aliphatic rings. The highest BCUT2D eigenvalue weighted by atomic mass is 16.6. The highest BCUT2D eigenvalue weighted by molar-refractivity contribution is 5.67. The molecule has 0 aromatic heterocycles. The summed E-state index contributed by atoms with van der Waals surface area (Å²) >= 11 is 0. The molecule has 4 saturated carbocycles. The first kappa shape index (κ1) is 34.9. The maximum absolute atomic E-state index is 12.4. The molecule has 0 bridgehead atoms. The van der Waals surface area contributed by atoms with Crippen molar-refractivity contribution in [3.05, 3.63) is 11.6 Å². The first-order chi connectivity index (χ1) is 21.2. The van der Waals surface area contributed by atoms with Crippen molar-refractivity contribution < 1.29 is 38.1 Å². The number of hydrogen-bond acceptors (Lipinski definition) is 8. The van der Waals surface area contributed by atoms with Crippen molar-refractivity contribution in [2.45, 2.75) is 139 Å². The first-order valence-corrected chi connectivity index (χ1v) is 17.6. The number of rotatable bonds is 6. The minimum atomic E-state index is -0.471. The third-order valence-electron chi connectivity index (χ3n) is 14.5. The Balaban J connectivity index is 1.54. The summed E-state index contributed by atoms with van der Waals surface area (Å²) in [5, 5.41) is 0. The molecule has 0 saturated heterocycles. The Kier molecular flexibility index (Phi) is 8.85. The van der Waals surface area contributed by atoms with Crippen molar-refractivity contribution in [2.24, 2.45) is 50.2 Å². The average Bonchev–Trinajstić information content (AvgIpc) is 2.94. The molecule has 0 N–H and O–H groups in total. The standard InChI is InChI=1S/C38H58O8/c1-23(39)43-21-33(5)19-28-27-11-12-30-35(7)15-14-31(45-25(3)41)36(8,22-44-24(2)40)29(35)13-16-38(30,10)37(27,9)18-17-34(28,6)32(20-33)46-26(4)42/h11,28-32H,12-22H2,1-10H3/t28-,29+,30+,31-,32+,33-,34+,35-,36+,37+,38+/m0/s1. The van der Waals surface area contributed by atoms with Crippen LogP contribution in [0.2, 0.25) is 0 Å². The topological polar surface area (TPSA) is 105 Å². The molecule has 0 unspecified atom stereocenters. The monoisotopic (exact) mass is 642 g/mol. The van der Waals surface area contributed by atoms with E-state index in [4.69, 9.17) is 18.9 Å². The van der Waals surface area contributed by atoms with Crippen molar-refractivity contribution in [3.8, 4) is 0 Å². The van der Waals surface area contributed by atoms with Gasteiger partial charge in [-0.2, -0.15) is 0 Å². The molecule has 0 spiro atoms. The van der Waals surface area contributed by atoms with Gasteiger partial charge >= 0.3 is 23.9 Å². The van der Waals surface area contributed by atoms with Crippen LogP contribution in [0.5, 0.6) is 0 Å². The molecule has 0 amide bonds. The third kappa shape index (κ3) is 5.41. The van der Waals surface area contributed by atoms with Crippen LogP contribution in [0.4, 0.5) is 0 Å². The molecule has 8 nitrogen and oxygen atoms in total. The first-order valence-electron chi connectivity index (χ1n) is 17.6. The maximum atomic E-state index is 12.4. The quantitative estimate of drug-likeness (QED) is 0.168. The summed E-state index contributed by atoms with van der Waals surface area (Å²) in [5.41, 5.74) is 0.492. The molecule has 0 aromatic carbocycles. The molecular formula is C38H58O8. The number of esters is 4. The van der Waals surface area contributed by atoms with E-state index >= 15 is 0 Å². The van der Waals surface area contributed by atoms with Gasteiger partial charge in [-0.15, -0.1) is 0 Å². The molecule has 11 atom stereocenters. The Labute approximate surface area is 276 Å². The second-order valence-electron chi connectivity index (χ2n) is 17.4. The van der Waals surface area contributed by atoms with E-state index in [1.807, 2.05) is 0 Å². The highest BCUT2D eigenvalue weighted by Crippen LogP contribution is 2.76. The molecule has 5 rings (SSSR count). The fourth-order valence-electron chi connectivity index (χ4n) is 11.9. The van der Waals surface area contributed by atoms with Gasteiger partial charge in [0.15, 0.2) is 0 Å². The van der Waals surface area contributed by atoms with Crippen LogP contribution >= 0.6 is 0 Å². The van der Waals surface area contributed by atoms with Crippen LogP contribution in [0.1, 0.15) is 127 Å². The molecular weight excluding hydrogens is 584 g/mol. The van der Waals surface area contributed by atoms with Crippen LogP contribution in [0, 0.1) is 50.2 Å². The van der Waals surface area contributed by atoms with E-state index in [2.05, 4.69) is 47.6 Å². The lowest BCUT2D eigenvalue weighted by atomic mass is 9.33. The third-order valence-corrected chi connectivity index (χ3v) is 14.5. The van der Waals surface area contributed by atoms with Gasteiger partial charge in [0.2, 0.25) is 0 Å². The Morgan fingerprint density at radius 1 is 0.674 bits per heavy atom. The van der Waals surface area contributed by atoms with Crippen molar-refractivity contribution in [1.82, 2.24) is 0 Å². The van der Waals surface area contributed by atoms with E-state index in [-0.39, 0.29) is 81.6 Å². The second-order valence-corrected chi connectivity index (χ2v) is 17.4. The summed E-state index contributed by atoms with van der Waals surface area (Å²) in [7, 11) is 0. The Morgan fingerprint density at radius 3 is 1.89 bits per heavy atom. The molecule has 258 valence electrons. The minimum absolute atomic E-state index is 0.0268. The Bertz CT molecular complexity index is 1310. The molecule has 0 radical (unpaired) electrons. The summed E-state index contributed by atoms with van der Waals surface area (Å²) in [6.45, 7) is 20.6. The zero-order valence-corrected chi connectivity index (χ0v) is 30.0. The second kappa shape index (κ2) is 11.6. The van der Waals surface area contributed by atoms with Gasteiger partial charge in [-0.1, -0.05) is 53.2 Å². The largest absolute Gasteiger partial charge is 0.465 e. The van der Waals surface area contributed by atoms with Crippen LogP contribution in [-0.2, 0) is 38.1 Å². The lowest BCUT2D eigenvalue weighted by Gasteiger charge is -2.71. The highest BCUT2D eigenvalue weighted by Gasteiger charge is 2.70. The molecule has 0 aliphatic heterocycles. The number of fused-ring (bicyclic) bond motifs is 7. The predicted molar refractivity (Wildman–Crippen MR) is 173 cm³/mol. The van der Waals surface area contributed by atoms with Crippen molar-refractivity contribution in [2.75, 3.05) is 13.2 Å². The zero-order chi connectivity index (χ0) is 34.1. The number of ether oxygens (including phenoxy) is 4. The average molecular weight is 643 g/mol. The van der Waals surface area contributed by atoms with E-state index in [1.54, 1.807) is 0 Å². The van der Waals surface area contributed by atoms with E-state index < -0.39 is 5.41 Å². The van der Waals surface area contributed by atoms with Gasteiger partial charge in [0, 0.05) is 43.9 Å². The van der Waals surface area contributed by atoms with E-state index in [1.165, 1.54) is 33.3 Å². The minimum Gasteiger partial charge on any atom is -0.465 e. The summed E-state index contributed by atoms with van der Waals surface area (Å²) in [4.78, 5) is 48.5. The van der Waals surface area contributed by atoms with E-state index in [0.29, 0.717) is 18.9 Å². The molecule has 8 heteroatoms. The number of carbonyl (C=O) groups excluding carboxylic acids is 4. The molecule has 0 heterocycles. The van der Waals surface area contributed by atoms with Crippen LogP contribution in [-0.4, -0.2) is 49.3 Å². The molecule has 4 fully saturated rings. The lowest BCUT2D eigenvalue weighted by Crippen LogP contribution is -2.66.